The summed E-state index contributed by atoms with van der Waals surface area (Å²) >= 11 is 0. The molecule has 1 heterocycles. The summed E-state index contributed by atoms with van der Waals surface area (Å²) in [7, 11) is 0. The number of carbonyl (C=O) groups is 2. The molecular weight excluding hydrogens is 156 g/mol. The minimum absolute atomic E-state index is 0.0992. The maximum Gasteiger partial charge on any atom is 0.151 e. The molecule has 0 aromatic carbocycles. The second-order valence-electron chi connectivity index (χ2n) is 3.07. The van der Waals surface area contributed by atoms with E-state index in [1.807, 2.05) is 0 Å². The summed E-state index contributed by atoms with van der Waals surface area (Å²) in [5, 5.41) is 1.58. The lowest BCUT2D eigenvalue weighted by Gasteiger charge is -2.16. The monoisotopic (exact) mass is 170 g/mol. The Hall–Kier alpha value is -0.740. The number of hydrazine groups is 1. The van der Waals surface area contributed by atoms with Gasteiger partial charge in [0.15, 0.2) is 5.78 Å². The lowest BCUT2D eigenvalue weighted by Crippen LogP contribution is -2.40. The number of ketones is 1. The van der Waals surface area contributed by atoms with Crippen molar-refractivity contribution in [1.29, 1.82) is 0 Å². The first kappa shape index (κ1) is 9.35. The molecule has 0 saturated carbocycles. The standard InChI is InChI=1S/C8H14N2O2/c9-10-5-1-3-7(10)8(12)4-2-6-11/h6-7H,1-5,9H2. The van der Waals surface area contributed by atoms with Crippen molar-refractivity contribution in [2.24, 2.45) is 5.84 Å². The summed E-state index contributed by atoms with van der Waals surface area (Å²) in [6, 6.07) is -0.134. The van der Waals surface area contributed by atoms with E-state index in [1.54, 1.807) is 5.01 Å². The molecule has 1 fully saturated rings. The van der Waals surface area contributed by atoms with Crippen LogP contribution in [-0.2, 0) is 9.59 Å². The van der Waals surface area contributed by atoms with Gasteiger partial charge in [-0.1, -0.05) is 0 Å². The van der Waals surface area contributed by atoms with Crippen molar-refractivity contribution in [1.82, 2.24) is 5.01 Å². The quantitative estimate of drug-likeness (QED) is 0.471. The molecule has 2 N–H and O–H groups in total. The molecule has 1 aliphatic heterocycles. The smallest absolute Gasteiger partial charge is 0.151 e. The number of nitrogens with zero attached hydrogens (tertiary/aromatic N) is 1. The molecule has 1 unspecified atom stereocenters. The van der Waals surface area contributed by atoms with Gasteiger partial charge in [0, 0.05) is 19.4 Å². The van der Waals surface area contributed by atoms with Crippen molar-refractivity contribution in [2.75, 3.05) is 6.54 Å². The van der Waals surface area contributed by atoms with Gasteiger partial charge in [0.2, 0.25) is 0 Å². The van der Waals surface area contributed by atoms with Crippen molar-refractivity contribution in [3.8, 4) is 0 Å². The van der Waals surface area contributed by atoms with Gasteiger partial charge in [-0.3, -0.25) is 10.6 Å². The van der Waals surface area contributed by atoms with E-state index in [-0.39, 0.29) is 11.8 Å². The Morgan fingerprint density at radius 3 is 2.92 bits per heavy atom. The minimum Gasteiger partial charge on any atom is -0.303 e. The maximum atomic E-state index is 11.3. The first-order valence-electron chi connectivity index (χ1n) is 4.23. The molecule has 1 aliphatic rings. The Morgan fingerprint density at radius 1 is 1.67 bits per heavy atom. The van der Waals surface area contributed by atoms with Gasteiger partial charge in [0.1, 0.15) is 6.29 Å². The second kappa shape index (κ2) is 4.33. The van der Waals surface area contributed by atoms with Crippen LogP contribution in [0.1, 0.15) is 25.7 Å². The Labute approximate surface area is 71.7 Å². The molecule has 0 radical (unpaired) electrons. The second-order valence-corrected chi connectivity index (χ2v) is 3.07. The predicted molar refractivity (Wildman–Crippen MR) is 44.2 cm³/mol. The van der Waals surface area contributed by atoms with Crippen LogP contribution in [0, 0.1) is 0 Å². The number of rotatable bonds is 4. The van der Waals surface area contributed by atoms with E-state index < -0.39 is 0 Å². The molecule has 12 heavy (non-hydrogen) atoms. The van der Waals surface area contributed by atoms with Gasteiger partial charge < -0.3 is 4.79 Å². The zero-order valence-corrected chi connectivity index (χ0v) is 7.03. The van der Waals surface area contributed by atoms with Crippen LogP contribution < -0.4 is 5.84 Å². The lowest BCUT2D eigenvalue weighted by atomic mass is 10.1. The van der Waals surface area contributed by atoms with Crippen molar-refractivity contribution < 1.29 is 9.59 Å². The van der Waals surface area contributed by atoms with Gasteiger partial charge in [-0.05, 0) is 12.8 Å². The fourth-order valence-electron chi connectivity index (χ4n) is 1.50. The maximum absolute atomic E-state index is 11.3. The molecule has 0 aromatic rings. The van der Waals surface area contributed by atoms with Gasteiger partial charge >= 0.3 is 0 Å². The fraction of sp³-hybridized carbons (Fsp3) is 0.750. The van der Waals surface area contributed by atoms with Crippen LogP contribution in [0.15, 0.2) is 0 Å². The molecule has 1 saturated heterocycles. The first-order chi connectivity index (χ1) is 5.75. The molecule has 4 heteroatoms. The van der Waals surface area contributed by atoms with Crippen LogP contribution >= 0.6 is 0 Å². The molecule has 0 bridgehead atoms. The molecule has 4 nitrogen and oxygen atoms in total. The number of hydrogen-bond acceptors (Lipinski definition) is 4. The topological polar surface area (TPSA) is 63.4 Å². The minimum atomic E-state index is -0.134. The van der Waals surface area contributed by atoms with Crippen LogP contribution in [0.4, 0.5) is 0 Å². The Kier molecular flexibility index (Phi) is 3.37. The lowest BCUT2D eigenvalue weighted by molar-refractivity contribution is -0.124. The molecule has 1 atom stereocenters. The zero-order chi connectivity index (χ0) is 8.97. The van der Waals surface area contributed by atoms with Crippen LogP contribution in [-0.4, -0.2) is 29.7 Å². The van der Waals surface area contributed by atoms with E-state index in [0.717, 1.165) is 25.7 Å². The molecule has 0 spiro atoms. The summed E-state index contributed by atoms with van der Waals surface area (Å²) in [4.78, 5) is 21.3. The van der Waals surface area contributed by atoms with Gasteiger partial charge in [-0.25, -0.2) is 5.01 Å². The first-order valence-corrected chi connectivity index (χ1v) is 4.23. The highest BCUT2D eigenvalue weighted by atomic mass is 16.1. The number of hydrogen-bond donors (Lipinski definition) is 1. The van der Waals surface area contributed by atoms with E-state index >= 15 is 0 Å². The molecule has 1 rings (SSSR count). The number of nitrogens with two attached hydrogens (primary N) is 1. The summed E-state index contributed by atoms with van der Waals surface area (Å²) < 4.78 is 0. The molecule has 0 aliphatic carbocycles. The predicted octanol–water partition coefficient (Wildman–Crippen LogP) is -0.127. The highest BCUT2D eigenvalue weighted by Gasteiger charge is 2.27. The molecular formula is C8H14N2O2. The van der Waals surface area contributed by atoms with E-state index in [4.69, 9.17) is 5.84 Å². The highest BCUT2D eigenvalue weighted by Crippen LogP contribution is 2.15. The zero-order valence-electron chi connectivity index (χ0n) is 7.03. The largest absolute Gasteiger partial charge is 0.303 e. The summed E-state index contributed by atoms with van der Waals surface area (Å²) in [5.41, 5.74) is 0. The Balaban J connectivity index is 2.35. The summed E-state index contributed by atoms with van der Waals surface area (Å²) in [6.07, 6.45) is 3.25. The normalized spacial score (nSPS) is 24.2. The third kappa shape index (κ3) is 2.12. The average Bonchev–Trinajstić information content (AvgIpc) is 2.47. The molecule has 0 amide bonds. The average molecular weight is 170 g/mol. The third-order valence-electron chi connectivity index (χ3n) is 2.17. The molecule has 68 valence electrons. The van der Waals surface area contributed by atoms with Crippen LogP contribution in [0.3, 0.4) is 0 Å². The Bertz CT molecular complexity index is 182. The SMILES string of the molecule is NN1CCCC1C(=O)CCC=O. The molecule has 0 aromatic heterocycles. The summed E-state index contributed by atoms with van der Waals surface area (Å²) in [5.74, 6) is 5.67. The van der Waals surface area contributed by atoms with Gasteiger partial charge in [-0.2, -0.15) is 0 Å². The van der Waals surface area contributed by atoms with Gasteiger partial charge in [-0.15, -0.1) is 0 Å². The summed E-state index contributed by atoms with van der Waals surface area (Å²) in [6.45, 7) is 0.789. The Morgan fingerprint density at radius 2 is 2.42 bits per heavy atom. The van der Waals surface area contributed by atoms with E-state index in [9.17, 15) is 9.59 Å². The van der Waals surface area contributed by atoms with Crippen LogP contribution in [0.2, 0.25) is 0 Å². The third-order valence-corrected chi connectivity index (χ3v) is 2.17. The van der Waals surface area contributed by atoms with Crippen molar-refractivity contribution >= 4 is 12.1 Å². The van der Waals surface area contributed by atoms with Crippen LogP contribution in [0.25, 0.3) is 0 Å². The van der Waals surface area contributed by atoms with Crippen molar-refractivity contribution in [3.05, 3.63) is 0 Å². The van der Waals surface area contributed by atoms with E-state index in [0.29, 0.717) is 12.8 Å². The fourth-order valence-corrected chi connectivity index (χ4v) is 1.50. The van der Waals surface area contributed by atoms with E-state index in [2.05, 4.69) is 0 Å². The number of aldehydes is 1. The number of Topliss-reactive ketones (excluding diaryl/α,β-unsaturated/α-hetero) is 1. The van der Waals surface area contributed by atoms with Crippen molar-refractivity contribution in [3.63, 3.8) is 0 Å². The van der Waals surface area contributed by atoms with Crippen LogP contribution in [0.5, 0.6) is 0 Å². The van der Waals surface area contributed by atoms with Gasteiger partial charge in [0.25, 0.3) is 0 Å². The number of carbonyl (C=O) groups excluding carboxylic acids is 2. The van der Waals surface area contributed by atoms with Crippen molar-refractivity contribution in [2.45, 2.75) is 31.7 Å². The van der Waals surface area contributed by atoms with Gasteiger partial charge in [0.05, 0.1) is 6.04 Å². The van der Waals surface area contributed by atoms with E-state index in [1.165, 1.54) is 0 Å². The highest BCUT2D eigenvalue weighted by molar-refractivity contribution is 5.85.